The fraction of sp³-hybridized carbons (Fsp3) is 0.290. The van der Waals surface area contributed by atoms with Gasteiger partial charge in [-0.3, -0.25) is 9.59 Å². The first kappa shape index (κ1) is 27.5. The van der Waals surface area contributed by atoms with Crippen molar-refractivity contribution in [3.8, 4) is 5.75 Å². The molecule has 1 heterocycles. The molecule has 0 aliphatic carbocycles. The number of benzene rings is 3. The van der Waals surface area contributed by atoms with Crippen molar-refractivity contribution in [1.82, 2.24) is 14.8 Å². The highest BCUT2D eigenvalue weighted by atomic mass is 79.9. The second-order valence-corrected chi connectivity index (χ2v) is 10.8. The lowest BCUT2D eigenvalue weighted by Gasteiger charge is -2.29. The minimum Gasteiger partial charge on any atom is -0.497 e. The molecule has 0 radical (unpaired) electrons. The quantitative estimate of drug-likeness (QED) is 0.228. The highest BCUT2D eigenvalue weighted by molar-refractivity contribution is 9.10. The topological polar surface area (TPSA) is 65.6 Å². The van der Waals surface area contributed by atoms with Gasteiger partial charge in [-0.25, -0.2) is 0 Å². The van der Waals surface area contributed by atoms with Crippen LogP contribution >= 0.6 is 15.9 Å². The van der Waals surface area contributed by atoms with Gasteiger partial charge in [-0.15, -0.1) is 0 Å². The number of ether oxygens (including phenoxy) is 1. The minimum absolute atomic E-state index is 0.0249. The van der Waals surface area contributed by atoms with E-state index < -0.39 is 0 Å². The van der Waals surface area contributed by atoms with E-state index in [0.717, 1.165) is 32.3 Å². The Labute approximate surface area is 232 Å². The summed E-state index contributed by atoms with van der Waals surface area (Å²) in [4.78, 5) is 34.0. The summed E-state index contributed by atoms with van der Waals surface area (Å²) in [5.74, 6) is 0.782. The van der Waals surface area contributed by atoms with E-state index in [4.69, 9.17) is 4.74 Å². The molecule has 7 heteroatoms. The number of hydrogen-bond donors (Lipinski definition) is 1. The molecule has 0 bridgehead atoms. The fourth-order valence-corrected chi connectivity index (χ4v) is 4.80. The molecule has 3 aromatic carbocycles. The maximum atomic E-state index is 13.8. The molecule has 0 saturated heterocycles. The van der Waals surface area contributed by atoms with Gasteiger partial charge in [0.15, 0.2) is 0 Å². The van der Waals surface area contributed by atoms with Gasteiger partial charge in [0.25, 0.3) is 5.91 Å². The van der Waals surface area contributed by atoms with Gasteiger partial charge in [0.2, 0.25) is 5.91 Å². The average molecular weight is 577 g/mol. The summed E-state index contributed by atoms with van der Waals surface area (Å²) in [6.07, 6.45) is 2.72. The van der Waals surface area contributed by atoms with E-state index in [1.165, 1.54) is 0 Å². The Hall–Kier alpha value is -3.58. The third-order valence-corrected chi connectivity index (χ3v) is 7.03. The summed E-state index contributed by atoms with van der Waals surface area (Å²) < 4.78 is 6.20. The molecule has 1 aromatic heterocycles. The fourth-order valence-electron chi connectivity index (χ4n) is 4.54. The number of carbonyl (C=O) groups excluding carboxylic acids is 2. The molecule has 1 N–H and O–H groups in total. The smallest absolute Gasteiger partial charge is 0.254 e. The number of methoxy groups -OCH3 is 1. The largest absolute Gasteiger partial charge is 0.497 e. The van der Waals surface area contributed by atoms with Crippen molar-refractivity contribution in [3.63, 3.8) is 0 Å². The molecular weight excluding hydrogens is 542 g/mol. The number of aromatic amines is 1. The van der Waals surface area contributed by atoms with Crippen LogP contribution in [0.5, 0.6) is 5.75 Å². The number of nitrogens with zero attached hydrogens (tertiary/aromatic N) is 2. The van der Waals surface area contributed by atoms with Crippen molar-refractivity contribution >= 4 is 38.6 Å². The molecule has 38 heavy (non-hydrogen) atoms. The molecule has 198 valence electrons. The lowest BCUT2D eigenvalue weighted by molar-refractivity contribution is -0.132. The van der Waals surface area contributed by atoms with Crippen LogP contribution in [-0.4, -0.2) is 53.3 Å². The molecule has 0 fully saturated rings. The Morgan fingerprint density at radius 1 is 0.947 bits per heavy atom. The lowest BCUT2D eigenvalue weighted by Crippen LogP contribution is -2.44. The number of halogens is 1. The molecule has 4 rings (SSSR count). The van der Waals surface area contributed by atoms with Crippen LogP contribution in [0.1, 0.15) is 35.3 Å². The maximum Gasteiger partial charge on any atom is 0.254 e. The van der Waals surface area contributed by atoms with E-state index in [0.29, 0.717) is 31.6 Å². The van der Waals surface area contributed by atoms with Crippen molar-refractivity contribution in [2.75, 3.05) is 26.7 Å². The Morgan fingerprint density at radius 2 is 1.66 bits per heavy atom. The van der Waals surface area contributed by atoms with E-state index >= 15 is 0 Å². The molecule has 0 aliphatic heterocycles. The van der Waals surface area contributed by atoms with Crippen molar-refractivity contribution in [3.05, 3.63) is 100 Å². The predicted molar refractivity (Wildman–Crippen MR) is 155 cm³/mol. The number of H-pyrrole nitrogens is 1. The zero-order chi connectivity index (χ0) is 27.1. The molecule has 0 atom stereocenters. The maximum absolute atomic E-state index is 13.8. The van der Waals surface area contributed by atoms with Gasteiger partial charge >= 0.3 is 0 Å². The zero-order valence-electron chi connectivity index (χ0n) is 22.1. The highest BCUT2D eigenvalue weighted by Crippen LogP contribution is 2.20. The molecule has 2 amide bonds. The standard InChI is InChI=1S/C31H34BrN3O3/c1-22(2)19-35(31(37)24-10-12-26(32)13-11-24)21-30(36)34(20-23-8-14-27(38-3)15-9-23)17-16-25-18-33-29-7-5-4-6-28(25)29/h4-15,18,22,33H,16-17,19-21H2,1-3H3. The molecule has 0 unspecified atom stereocenters. The Kier molecular flexibility index (Phi) is 9.24. The Bertz CT molecular complexity index is 1360. The number of fused-ring (bicyclic) bond motifs is 1. The number of aromatic nitrogens is 1. The van der Waals surface area contributed by atoms with Gasteiger partial charge < -0.3 is 19.5 Å². The summed E-state index contributed by atoms with van der Waals surface area (Å²) in [5.41, 5.74) is 3.83. The second-order valence-electron chi connectivity index (χ2n) is 9.86. The summed E-state index contributed by atoms with van der Waals surface area (Å²) in [6.45, 7) is 5.62. The Morgan fingerprint density at radius 3 is 2.34 bits per heavy atom. The third-order valence-electron chi connectivity index (χ3n) is 6.50. The van der Waals surface area contributed by atoms with Crippen LogP contribution < -0.4 is 4.74 Å². The van der Waals surface area contributed by atoms with Crippen molar-refractivity contribution < 1.29 is 14.3 Å². The van der Waals surface area contributed by atoms with Gasteiger partial charge in [-0.05, 0) is 65.9 Å². The van der Waals surface area contributed by atoms with Crippen molar-refractivity contribution in [2.24, 2.45) is 5.92 Å². The van der Waals surface area contributed by atoms with Crippen LogP contribution in [0.15, 0.2) is 83.5 Å². The predicted octanol–water partition coefficient (Wildman–Crippen LogP) is 6.31. The lowest BCUT2D eigenvalue weighted by atomic mass is 10.1. The highest BCUT2D eigenvalue weighted by Gasteiger charge is 2.23. The number of hydrogen-bond acceptors (Lipinski definition) is 3. The van der Waals surface area contributed by atoms with Crippen LogP contribution in [-0.2, 0) is 17.8 Å². The summed E-state index contributed by atoms with van der Waals surface area (Å²) in [7, 11) is 1.64. The molecule has 6 nitrogen and oxygen atoms in total. The molecule has 0 aliphatic rings. The zero-order valence-corrected chi connectivity index (χ0v) is 23.7. The molecule has 0 saturated carbocycles. The van der Waals surface area contributed by atoms with Crippen LogP contribution in [0.25, 0.3) is 10.9 Å². The molecule has 4 aromatic rings. The van der Waals surface area contributed by atoms with E-state index in [1.807, 2.05) is 59.6 Å². The number of para-hydroxylation sites is 1. The first-order valence-electron chi connectivity index (χ1n) is 12.8. The van der Waals surface area contributed by atoms with Crippen LogP contribution in [0, 0.1) is 5.92 Å². The third kappa shape index (κ3) is 7.04. The van der Waals surface area contributed by atoms with E-state index in [9.17, 15) is 9.59 Å². The van der Waals surface area contributed by atoms with Gasteiger partial charge in [0.1, 0.15) is 12.3 Å². The van der Waals surface area contributed by atoms with E-state index in [1.54, 1.807) is 24.1 Å². The van der Waals surface area contributed by atoms with Crippen LogP contribution in [0.2, 0.25) is 0 Å². The van der Waals surface area contributed by atoms with Gasteiger partial charge in [-0.1, -0.05) is 60.1 Å². The Balaban J connectivity index is 1.55. The number of nitrogens with one attached hydrogen (secondary N) is 1. The first-order valence-corrected chi connectivity index (χ1v) is 13.6. The van der Waals surface area contributed by atoms with Gasteiger partial charge in [0, 0.05) is 46.8 Å². The van der Waals surface area contributed by atoms with Gasteiger partial charge in [0.05, 0.1) is 7.11 Å². The number of rotatable bonds is 11. The minimum atomic E-state index is -0.138. The van der Waals surface area contributed by atoms with E-state index in [-0.39, 0.29) is 24.3 Å². The van der Waals surface area contributed by atoms with Crippen LogP contribution in [0.4, 0.5) is 0 Å². The number of amides is 2. The number of carbonyl (C=O) groups is 2. The second kappa shape index (κ2) is 12.8. The first-order chi connectivity index (χ1) is 18.3. The molecule has 0 spiro atoms. The summed E-state index contributed by atoms with van der Waals surface area (Å²) in [6, 6.07) is 23.2. The van der Waals surface area contributed by atoms with Crippen LogP contribution in [0.3, 0.4) is 0 Å². The SMILES string of the molecule is COc1ccc(CN(CCc2c[nH]c3ccccc23)C(=O)CN(CC(C)C)C(=O)c2ccc(Br)cc2)cc1. The average Bonchev–Trinajstić information content (AvgIpc) is 3.33. The summed E-state index contributed by atoms with van der Waals surface area (Å²) in [5, 5.41) is 1.16. The molecular formula is C31H34BrN3O3. The van der Waals surface area contributed by atoms with Gasteiger partial charge in [-0.2, -0.15) is 0 Å². The van der Waals surface area contributed by atoms with E-state index in [2.05, 4.69) is 46.9 Å². The normalized spacial score (nSPS) is 11.1. The van der Waals surface area contributed by atoms with Crippen molar-refractivity contribution in [2.45, 2.75) is 26.8 Å². The monoisotopic (exact) mass is 575 g/mol. The summed E-state index contributed by atoms with van der Waals surface area (Å²) >= 11 is 3.42. The van der Waals surface area contributed by atoms with Crippen molar-refractivity contribution in [1.29, 1.82) is 0 Å².